The number of hydrazine groups is 2. The first-order valence-corrected chi connectivity index (χ1v) is 8.47. The van der Waals surface area contributed by atoms with Crippen LogP contribution in [0.1, 0.15) is 61.3 Å². The molecule has 0 aliphatic heterocycles. The summed E-state index contributed by atoms with van der Waals surface area (Å²) in [6, 6.07) is 5.81. The first kappa shape index (κ1) is 21.1. The number of rotatable bonds is 6. The molecular formula is C18H26N4O4. The van der Waals surface area contributed by atoms with E-state index in [9.17, 15) is 19.2 Å². The molecule has 4 amide bonds. The van der Waals surface area contributed by atoms with Gasteiger partial charge in [0.15, 0.2) is 0 Å². The lowest BCUT2D eigenvalue weighted by Gasteiger charge is -2.10. The molecule has 0 aromatic heterocycles. The van der Waals surface area contributed by atoms with Crippen LogP contribution in [-0.2, 0) is 9.59 Å². The van der Waals surface area contributed by atoms with Crippen LogP contribution in [0.3, 0.4) is 0 Å². The van der Waals surface area contributed by atoms with E-state index in [2.05, 4.69) is 21.7 Å². The van der Waals surface area contributed by atoms with Crippen molar-refractivity contribution in [2.75, 3.05) is 0 Å². The molecule has 0 unspecified atom stereocenters. The second-order valence-corrected chi connectivity index (χ2v) is 6.78. The fourth-order valence-corrected chi connectivity index (χ4v) is 2.01. The summed E-state index contributed by atoms with van der Waals surface area (Å²) in [5.74, 6) is -1.15. The predicted octanol–water partition coefficient (Wildman–Crippen LogP) is 1.30. The molecule has 0 saturated carbocycles. The molecule has 1 aromatic carbocycles. The van der Waals surface area contributed by atoms with Gasteiger partial charge >= 0.3 is 0 Å². The molecule has 0 aliphatic carbocycles. The number of hydrogen-bond acceptors (Lipinski definition) is 4. The van der Waals surface area contributed by atoms with E-state index in [1.807, 2.05) is 27.7 Å². The number of benzene rings is 1. The molecule has 26 heavy (non-hydrogen) atoms. The van der Waals surface area contributed by atoms with Crippen molar-refractivity contribution in [3.05, 3.63) is 35.4 Å². The Morgan fingerprint density at radius 3 is 1.23 bits per heavy atom. The van der Waals surface area contributed by atoms with Gasteiger partial charge in [0, 0.05) is 24.0 Å². The molecule has 0 bridgehead atoms. The summed E-state index contributed by atoms with van der Waals surface area (Å²) in [5, 5.41) is 0. The summed E-state index contributed by atoms with van der Waals surface area (Å²) in [6.45, 7) is 7.60. The van der Waals surface area contributed by atoms with Crippen molar-refractivity contribution in [1.29, 1.82) is 0 Å². The highest BCUT2D eigenvalue weighted by molar-refractivity contribution is 5.98. The van der Waals surface area contributed by atoms with Crippen LogP contribution in [0.2, 0.25) is 0 Å². The van der Waals surface area contributed by atoms with Gasteiger partial charge in [-0.1, -0.05) is 27.7 Å². The lowest BCUT2D eigenvalue weighted by Crippen LogP contribution is -2.42. The average Bonchev–Trinajstić information content (AvgIpc) is 2.56. The van der Waals surface area contributed by atoms with E-state index in [0.29, 0.717) is 12.8 Å². The number of amides is 4. The number of nitrogens with one attached hydrogen (secondary N) is 4. The zero-order chi connectivity index (χ0) is 19.7. The maximum absolute atomic E-state index is 12.0. The minimum absolute atomic E-state index is 0.186. The van der Waals surface area contributed by atoms with Crippen molar-refractivity contribution >= 4 is 23.6 Å². The first-order chi connectivity index (χ1) is 12.2. The Labute approximate surface area is 153 Å². The Morgan fingerprint density at radius 1 is 0.654 bits per heavy atom. The van der Waals surface area contributed by atoms with Crippen LogP contribution in [0.25, 0.3) is 0 Å². The third kappa shape index (κ3) is 7.78. The van der Waals surface area contributed by atoms with Crippen molar-refractivity contribution in [3.63, 3.8) is 0 Å². The van der Waals surface area contributed by atoms with E-state index in [1.165, 1.54) is 24.3 Å². The molecule has 1 rings (SSSR count). The van der Waals surface area contributed by atoms with Gasteiger partial charge in [0.05, 0.1) is 0 Å². The number of carbonyl (C=O) groups is 4. The van der Waals surface area contributed by atoms with Gasteiger partial charge in [-0.2, -0.15) is 0 Å². The highest BCUT2D eigenvalue weighted by atomic mass is 16.2. The number of carbonyl (C=O) groups excluding carboxylic acids is 4. The molecule has 4 N–H and O–H groups in total. The monoisotopic (exact) mass is 362 g/mol. The van der Waals surface area contributed by atoms with Crippen molar-refractivity contribution in [2.24, 2.45) is 11.8 Å². The maximum atomic E-state index is 12.0. The van der Waals surface area contributed by atoms with Crippen LogP contribution in [0.4, 0.5) is 0 Å². The average molecular weight is 362 g/mol. The summed E-state index contributed by atoms with van der Waals surface area (Å²) in [5.41, 5.74) is 9.87. The Balaban J connectivity index is 2.51. The van der Waals surface area contributed by atoms with Gasteiger partial charge in [-0.15, -0.1) is 0 Å². The van der Waals surface area contributed by atoms with Crippen molar-refractivity contribution in [3.8, 4) is 0 Å². The van der Waals surface area contributed by atoms with Crippen molar-refractivity contribution < 1.29 is 19.2 Å². The van der Waals surface area contributed by atoms with E-state index in [-0.39, 0.29) is 34.8 Å². The van der Waals surface area contributed by atoms with E-state index >= 15 is 0 Å². The van der Waals surface area contributed by atoms with Crippen LogP contribution in [0.5, 0.6) is 0 Å². The fraction of sp³-hybridized carbons (Fsp3) is 0.444. The van der Waals surface area contributed by atoms with Crippen LogP contribution < -0.4 is 21.7 Å². The van der Waals surface area contributed by atoms with Gasteiger partial charge in [-0.05, 0) is 36.1 Å². The Hall–Kier alpha value is -2.90. The van der Waals surface area contributed by atoms with Gasteiger partial charge in [0.2, 0.25) is 11.8 Å². The smallest absolute Gasteiger partial charge is 0.269 e. The minimum Gasteiger partial charge on any atom is -0.273 e. The zero-order valence-corrected chi connectivity index (χ0v) is 15.5. The van der Waals surface area contributed by atoms with Crippen LogP contribution in [0.15, 0.2) is 24.3 Å². The summed E-state index contributed by atoms with van der Waals surface area (Å²) in [7, 11) is 0. The SMILES string of the molecule is CC(C)CC(=O)NNC(=O)c1ccc(C(=O)NNC(=O)CC(C)C)cc1. The Kier molecular flexibility index (Phi) is 8.27. The second kappa shape index (κ2) is 10.2. The molecule has 0 heterocycles. The van der Waals surface area contributed by atoms with E-state index < -0.39 is 11.8 Å². The van der Waals surface area contributed by atoms with Crippen LogP contribution >= 0.6 is 0 Å². The standard InChI is InChI=1S/C18H26N4O4/c1-11(2)9-15(23)19-21-17(25)13-5-7-14(8-6-13)18(26)22-20-16(24)10-12(3)4/h5-8,11-12H,9-10H2,1-4H3,(H,19,23)(H,20,24)(H,21,25)(H,22,26). The maximum Gasteiger partial charge on any atom is 0.269 e. The summed E-state index contributed by atoms with van der Waals surface area (Å²) in [6.07, 6.45) is 0.615. The van der Waals surface area contributed by atoms with Gasteiger partial charge in [-0.25, -0.2) is 0 Å². The van der Waals surface area contributed by atoms with Gasteiger partial charge in [0.25, 0.3) is 11.8 Å². The van der Waals surface area contributed by atoms with E-state index in [4.69, 9.17) is 0 Å². The molecule has 8 heteroatoms. The van der Waals surface area contributed by atoms with E-state index in [0.717, 1.165) is 0 Å². The Bertz CT molecular complexity index is 597. The second-order valence-electron chi connectivity index (χ2n) is 6.78. The number of hydrogen-bond donors (Lipinski definition) is 4. The molecule has 0 radical (unpaired) electrons. The van der Waals surface area contributed by atoms with Gasteiger partial charge < -0.3 is 0 Å². The molecule has 1 aromatic rings. The lowest BCUT2D eigenvalue weighted by molar-refractivity contribution is -0.123. The summed E-state index contributed by atoms with van der Waals surface area (Å²) >= 11 is 0. The fourth-order valence-electron chi connectivity index (χ4n) is 2.01. The minimum atomic E-state index is -0.487. The van der Waals surface area contributed by atoms with Gasteiger partial charge in [0.1, 0.15) is 0 Å². The molecule has 8 nitrogen and oxygen atoms in total. The summed E-state index contributed by atoms with van der Waals surface area (Å²) < 4.78 is 0. The molecule has 0 spiro atoms. The third-order valence-electron chi connectivity index (χ3n) is 3.23. The molecule has 0 aliphatic rings. The highest BCUT2D eigenvalue weighted by Crippen LogP contribution is 2.04. The first-order valence-electron chi connectivity index (χ1n) is 8.47. The lowest BCUT2D eigenvalue weighted by atomic mass is 10.1. The summed E-state index contributed by atoms with van der Waals surface area (Å²) in [4.78, 5) is 46.9. The molecule has 0 atom stereocenters. The van der Waals surface area contributed by atoms with Gasteiger partial charge in [-0.3, -0.25) is 40.9 Å². The molecular weight excluding hydrogens is 336 g/mol. The van der Waals surface area contributed by atoms with Crippen LogP contribution in [-0.4, -0.2) is 23.6 Å². The molecule has 0 saturated heterocycles. The van der Waals surface area contributed by atoms with E-state index in [1.54, 1.807) is 0 Å². The largest absolute Gasteiger partial charge is 0.273 e. The normalized spacial score (nSPS) is 10.4. The quantitative estimate of drug-likeness (QED) is 0.571. The third-order valence-corrected chi connectivity index (χ3v) is 3.23. The zero-order valence-electron chi connectivity index (χ0n) is 15.5. The van der Waals surface area contributed by atoms with Crippen LogP contribution in [0, 0.1) is 11.8 Å². The van der Waals surface area contributed by atoms with Crippen molar-refractivity contribution in [1.82, 2.24) is 21.7 Å². The Morgan fingerprint density at radius 2 is 0.962 bits per heavy atom. The topological polar surface area (TPSA) is 116 Å². The van der Waals surface area contributed by atoms with Crippen molar-refractivity contribution in [2.45, 2.75) is 40.5 Å². The predicted molar refractivity (Wildman–Crippen MR) is 96.6 cm³/mol. The highest BCUT2D eigenvalue weighted by Gasteiger charge is 2.11. The molecule has 0 fully saturated rings. The molecule has 142 valence electrons.